The predicted octanol–water partition coefficient (Wildman–Crippen LogP) is 2.70. The van der Waals surface area contributed by atoms with Crippen molar-refractivity contribution < 1.29 is 19.2 Å². The lowest BCUT2D eigenvalue weighted by molar-refractivity contribution is -0.524. The van der Waals surface area contributed by atoms with E-state index in [1.165, 1.54) is 0 Å². The summed E-state index contributed by atoms with van der Waals surface area (Å²) >= 11 is 0. The average molecular weight is 342 g/mol. The number of fused-ring (bicyclic) bond motifs is 2. The Morgan fingerprint density at radius 2 is 1.96 bits per heavy atom. The van der Waals surface area contributed by atoms with Gasteiger partial charge in [0.25, 0.3) is 0 Å². The summed E-state index contributed by atoms with van der Waals surface area (Å²) in [6.45, 7) is 5.95. The highest BCUT2D eigenvalue weighted by molar-refractivity contribution is 5.77. The molecular formula is C17H30N2O5. The molecule has 7 heteroatoms. The van der Waals surface area contributed by atoms with Crippen LogP contribution in [0.4, 0.5) is 0 Å². The molecule has 3 rings (SSSR count). The Bertz CT molecular complexity index is 478. The van der Waals surface area contributed by atoms with E-state index in [9.17, 15) is 14.9 Å². The van der Waals surface area contributed by atoms with E-state index in [-0.39, 0.29) is 42.7 Å². The first-order valence-corrected chi connectivity index (χ1v) is 8.17. The van der Waals surface area contributed by atoms with Gasteiger partial charge >= 0.3 is 5.97 Å². The number of primary amides is 1. The first kappa shape index (κ1) is 22.1. The lowest BCUT2D eigenvalue weighted by Crippen LogP contribution is -2.34. The van der Waals surface area contributed by atoms with Crippen LogP contribution in [0.15, 0.2) is 11.6 Å². The highest BCUT2D eigenvalue weighted by Gasteiger charge is 2.47. The van der Waals surface area contributed by atoms with Crippen molar-refractivity contribution in [1.82, 2.24) is 0 Å². The summed E-state index contributed by atoms with van der Waals surface area (Å²) in [5.41, 5.74) is 5.29. The Labute approximate surface area is 143 Å². The van der Waals surface area contributed by atoms with Crippen molar-refractivity contribution in [2.45, 2.75) is 66.0 Å². The molecule has 1 heterocycles. The number of nitro groups is 1. The van der Waals surface area contributed by atoms with Gasteiger partial charge in [-0.2, -0.15) is 0 Å². The Morgan fingerprint density at radius 1 is 1.38 bits per heavy atom. The van der Waals surface area contributed by atoms with Gasteiger partial charge in [0.15, 0.2) is 0 Å². The first-order valence-electron chi connectivity index (χ1n) is 8.17. The number of cyclic esters (lactones) is 1. The molecule has 2 fully saturated rings. The van der Waals surface area contributed by atoms with E-state index in [1.807, 2.05) is 26.8 Å². The number of nitrogens with two attached hydrogens (primary N) is 1. The fourth-order valence-electron chi connectivity index (χ4n) is 3.68. The monoisotopic (exact) mass is 342 g/mol. The van der Waals surface area contributed by atoms with Crippen molar-refractivity contribution in [1.29, 1.82) is 0 Å². The number of rotatable bonds is 1. The molecule has 0 radical (unpaired) electrons. The predicted molar refractivity (Wildman–Crippen MR) is 91.7 cm³/mol. The lowest BCUT2D eigenvalue weighted by atomic mass is 9.68. The van der Waals surface area contributed by atoms with Crippen LogP contribution < -0.4 is 5.73 Å². The minimum Gasteiger partial charge on any atom is -0.462 e. The zero-order valence-corrected chi connectivity index (χ0v) is 13.9. The Morgan fingerprint density at radius 3 is 2.50 bits per heavy atom. The van der Waals surface area contributed by atoms with E-state index in [0.29, 0.717) is 18.8 Å². The summed E-state index contributed by atoms with van der Waals surface area (Å²) in [5.74, 6) is 0.399. The molecule has 1 saturated heterocycles. The largest absolute Gasteiger partial charge is 0.462 e. The maximum atomic E-state index is 11.7. The van der Waals surface area contributed by atoms with Crippen molar-refractivity contribution in [3.8, 4) is 0 Å². The van der Waals surface area contributed by atoms with E-state index >= 15 is 0 Å². The van der Waals surface area contributed by atoms with Gasteiger partial charge in [0.2, 0.25) is 12.5 Å². The molecule has 0 spiro atoms. The van der Waals surface area contributed by atoms with Gasteiger partial charge in [-0.3, -0.25) is 19.7 Å². The average Bonchev–Trinajstić information content (AvgIpc) is 2.81. The third-order valence-corrected chi connectivity index (χ3v) is 4.73. The number of hydrogen-bond acceptors (Lipinski definition) is 5. The second-order valence-electron chi connectivity index (χ2n) is 5.86. The standard InChI is InChI=1S/C13H17NO4.C2H6.CH3NO.CH4/c1-7-11-5-8-2-3-10(14(16)17)4-9(8)6-12(11)13(15)18-7;1-2;2-1-3;/h6-8,10-12H,2-5H2,1H3;1-2H3;1H,(H2,2,3);1H4/t7?,8?,10-,11?,12?;;;/m1.../s1. The number of carbonyl (C=O) groups is 2. The van der Waals surface area contributed by atoms with Gasteiger partial charge in [0.1, 0.15) is 6.10 Å². The van der Waals surface area contributed by atoms with Crippen LogP contribution in [0.1, 0.15) is 53.9 Å². The van der Waals surface area contributed by atoms with Crippen LogP contribution in [0.2, 0.25) is 0 Å². The maximum Gasteiger partial charge on any atom is 0.313 e. The van der Waals surface area contributed by atoms with Crippen molar-refractivity contribution in [2.24, 2.45) is 23.5 Å². The summed E-state index contributed by atoms with van der Waals surface area (Å²) in [7, 11) is 0. The van der Waals surface area contributed by atoms with Gasteiger partial charge in [0, 0.05) is 23.7 Å². The van der Waals surface area contributed by atoms with Crippen molar-refractivity contribution >= 4 is 12.4 Å². The molecule has 24 heavy (non-hydrogen) atoms. The smallest absolute Gasteiger partial charge is 0.313 e. The quantitative estimate of drug-likeness (QED) is 0.259. The summed E-state index contributed by atoms with van der Waals surface area (Å²) in [6, 6.07) is -0.459. The third-order valence-electron chi connectivity index (χ3n) is 4.73. The van der Waals surface area contributed by atoms with E-state index in [2.05, 4.69) is 5.73 Å². The van der Waals surface area contributed by atoms with Gasteiger partial charge < -0.3 is 10.5 Å². The van der Waals surface area contributed by atoms with Crippen LogP contribution in [-0.2, 0) is 14.3 Å². The van der Waals surface area contributed by atoms with Crippen LogP contribution in [0.5, 0.6) is 0 Å². The van der Waals surface area contributed by atoms with Crippen molar-refractivity contribution in [3.05, 3.63) is 21.8 Å². The molecule has 1 saturated carbocycles. The topological polar surface area (TPSA) is 113 Å². The zero-order valence-electron chi connectivity index (χ0n) is 13.9. The summed E-state index contributed by atoms with van der Waals surface area (Å²) in [6.07, 6.45) is 5.22. The zero-order chi connectivity index (χ0) is 17.6. The SMILES string of the molecule is C.CC.CC1OC(=O)C2C=C3C[C@H]([N+](=O)[O-])CCC3CC12.NC=O. The molecule has 4 unspecified atom stereocenters. The minimum absolute atomic E-state index is 0. The first-order chi connectivity index (χ1) is 11.0. The fraction of sp³-hybridized carbons (Fsp3) is 0.765. The van der Waals surface area contributed by atoms with E-state index in [1.54, 1.807) is 0 Å². The van der Waals surface area contributed by atoms with Gasteiger partial charge in [-0.15, -0.1) is 0 Å². The van der Waals surface area contributed by atoms with E-state index in [0.717, 1.165) is 18.4 Å². The lowest BCUT2D eigenvalue weighted by Gasteiger charge is -2.34. The number of nitrogens with zero attached hydrogens (tertiary/aromatic N) is 1. The van der Waals surface area contributed by atoms with Crippen molar-refractivity contribution in [2.75, 3.05) is 0 Å². The van der Waals surface area contributed by atoms with Crippen LogP contribution >= 0.6 is 0 Å². The van der Waals surface area contributed by atoms with Gasteiger partial charge in [-0.05, 0) is 25.7 Å². The van der Waals surface area contributed by atoms with Gasteiger partial charge in [-0.25, -0.2) is 0 Å². The van der Waals surface area contributed by atoms with Gasteiger partial charge in [0.05, 0.1) is 5.92 Å². The normalized spacial score (nSPS) is 32.7. The third kappa shape index (κ3) is 4.79. The Balaban J connectivity index is 0.000000799. The number of hydrogen-bond donors (Lipinski definition) is 1. The summed E-state index contributed by atoms with van der Waals surface area (Å²) in [4.78, 5) is 31.0. The van der Waals surface area contributed by atoms with Crippen LogP contribution in [0.3, 0.4) is 0 Å². The van der Waals surface area contributed by atoms with Gasteiger partial charge in [-0.1, -0.05) is 32.9 Å². The molecule has 1 amide bonds. The summed E-state index contributed by atoms with van der Waals surface area (Å²) in [5, 5.41) is 10.9. The van der Waals surface area contributed by atoms with Crippen LogP contribution in [0, 0.1) is 27.9 Å². The molecular weight excluding hydrogens is 312 g/mol. The molecule has 138 valence electrons. The molecule has 2 N–H and O–H groups in total. The number of carbonyl (C=O) groups excluding carboxylic acids is 2. The second-order valence-corrected chi connectivity index (χ2v) is 5.86. The van der Waals surface area contributed by atoms with Crippen LogP contribution in [0.25, 0.3) is 0 Å². The Kier molecular flexibility index (Phi) is 9.25. The molecule has 0 aromatic heterocycles. The molecule has 7 nitrogen and oxygen atoms in total. The number of amides is 1. The molecule has 0 bridgehead atoms. The van der Waals surface area contributed by atoms with E-state index in [4.69, 9.17) is 9.53 Å². The summed E-state index contributed by atoms with van der Waals surface area (Å²) < 4.78 is 5.27. The molecule has 2 aliphatic carbocycles. The highest BCUT2D eigenvalue weighted by atomic mass is 16.6. The molecule has 1 aliphatic heterocycles. The van der Waals surface area contributed by atoms with E-state index < -0.39 is 6.04 Å². The van der Waals surface area contributed by atoms with Crippen LogP contribution in [-0.4, -0.2) is 29.4 Å². The molecule has 0 aromatic carbocycles. The Hall–Kier alpha value is -1.92. The molecule has 5 atom stereocenters. The maximum absolute atomic E-state index is 11.7. The van der Waals surface area contributed by atoms with Crippen molar-refractivity contribution in [3.63, 3.8) is 0 Å². The fourth-order valence-corrected chi connectivity index (χ4v) is 3.68. The number of ether oxygens (including phenoxy) is 1. The molecule has 3 aliphatic rings. The second kappa shape index (κ2) is 10.1. The number of esters is 1. The minimum atomic E-state index is -0.459. The molecule has 0 aromatic rings. The highest BCUT2D eigenvalue weighted by Crippen LogP contribution is 2.46.